The van der Waals surface area contributed by atoms with Crippen LogP contribution in [0.1, 0.15) is 32.6 Å². The number of alkyl halides is 1. The van der Waals surface area contributed by atoms with E-state index < -0.39 is 5.60 Å². The summed E-state index contributed by atoms with van der Waals surface area (Å²) in [5, 5.41) is 19.2. The van der Waals surface area contributed by atoms with E-state index in [9.17, 15) is 5.11 Å². The summed E-state index contributed by atoms with van der Waals surface area (Å²) >= 11 is 5.67. The number of hydrogen-bond donors (Lipinski definition) is 4. The Morgan fingerprint density at radius 3 is 2.44 bits per heavy atom. The minimum absolute atomic E-state index is 0.0389. The predicted molar refractivity (Wildman–Crippen MR) is 67.4 cm³/mol. The zero-order chi connectivity index (χ0) is 12.6. The molecule has 0 rings (SSSR count). The van der Waals surface area contributed by atoms with Crippen LogP contribution in [0.4, 0.5) is 0 Å². The highest BCUT2D eigenvalue weighted by Crippen LogP contribution is 2.29. The standard InChI is InChI=1S/C11H25ClN2O2/c1-11(16,5-6-12)9(3-2-7-13)10(14)4-8-15/h9-10,15-16H,2-8,13-14H2,1H3. The molecule has 4 nitrogen and oxygen atoms in total. The van der Waals surface area contributed by atoms with Crippen LogP contribution in [0, 0.1) is 5.92 Å². The minimum atomic E-state index is -0.883. The van der Waals surface area contributed by atoms with E-state index in [1.54, 1.807) is 6.92 Å². The highest BCUT2D eigenvalue weighted by atomic mass is 35.5. The van der Waals surface area contributed by atoms with Gasteiger partial charge in [-0.15, -0.1) is 11.6 Å². The quantitative estimate of drug-likeness (QED) is 0.448. The van der Waals surface area contributed by atoms with Gasteiger partial charge in [-0.2, -0.15) is 0 Å². The van der Waals surface area contributed by atoms with Gasteiger partial charge in [-0.3, -0.25) is 0 Å². The summed E-state index contributed by atoms with van der Waals surface area (Å²) in [6, 6.07) is -0.213. The largest absolute Gasteiger partial charge is 0.396 e. The van der Waals surface area contributed by atoms with Gasteiger partial charge >= 0.3 is 0 Å². The van der Waals surface area contributed by atoms with Crippen LogP contribution in [0.5, 0.6) is 0 Å². The van der Waals surface area contributed by atoms with Crippen molar-refractivity contribution in [1.29, 1.82) is 0 Å². The maximum absolute atomic E-state index is 10.3. The SMILES string of the molecule is CC(O)(CCCl)C(CCCN)C(N)CCO. The van der Waals surface area contributed by atoms with Gasteiger partial charge in [-0.05, 0) is 39.2 Å². The second-order valence-electron chi connectivity index (χ2n) is 4.51. The summed E-state index contributed by atoms with van der Waals surface area (Å²) in [4.78, 5) is 0. The van der Waals surface area contributed by atoms with Crippen molar-refractivity contribution in [3.8, 4) is 0 Å². The van der Waals surface area contributed by atoms with Crippen molar-refractivity contribution in [3.05, 3.63) is 0 Å². The van der Waals surface area contributed by atoms with Gasteiger partial charge in [0.15, 0.2) is 0 Å². The maximum atomic E-state index is 10.3. The van der Waals surface area contributed by atoms with Crippen LogP contribution in [0.2, 0.25) is 0 Å². The first-order chi connectivity index (χ1) is 7.49. The van der Waals surface area contributed by atoms with Crippen LogP contribution in [-0.2, 0) is 0 Å². The molecule has 0 aliphatic rings. The molecule has 0 aromatic carbocycles. The monoisotopic (exact) mass is 252 g/mol. The fraction of sp³-hybridized carbons (Fsp3) is 1.00. The molecular formula is C11H25ClN2O2. The Morgan fingerprint density at radius 2 is 2.00 bits per heavy atom. The van der Waals surface area contributed by atoms with Gasteiger partial charge in [-0.25, -0.2) is 0 Å². The van der Waals surface area contributed by atoms with Crippen molar-refractivity contribution in [1.82, 2.24) is 0 Å². The molecule has 0 radical (unpaired) electrons. The van der Waals surface area contributed by atoms with Gasteiger partial charge in [0.25, 0.3) is 0 Å². The maximum Gasteiger partial charge on any atom is 0.0673 e. The minimum Gasteiger partial charge on any atom is -0.396 e. The first-order valence-electron chi connectivity index (χ1n) is 5.84. The fourth-order valence-electron chi connectivity index (χ4n) is 2.05. The van der Waals surface area contributed by atoms with Gasteiger partial charge in [0.2, 0.25) is 0 Å². The third kappa shape index (κ3) is 5.46. The van der Waals surface area contributed by atoms with E-state index in [4.69, 9.17) is 28.2 Å². The van der Waals surface area contributed by atoms with E-state index >= 15 is 0 Å². The van der Waals surface area contributed by atoms with E-state index in [2.05, 4.69) is 0 Å². The normalized spacial score (nSPS) is 19.1. The molecule has 5 heteroatoms. The lowest BCUT2D eigenvalue weighted by Crippen LogP contribution is -2.46. The molecule has 3 atom stereocenters. The average Bonchev–Trinajstić information content (AvgIpc) is 2.18. The van der Waals surface area contributed by atoms with Gasteiger partial charge in [0.1, 0.15) is 0 Å². The highest BCUT2D eigenvalue weighted by Gasteiger charge is 2.34. The molecule has 0 saturated heterocycles. The molecule has 3 unspecified atom stereocenters. The average molecular weight is 253 g/mol. The van der Waals surface area contributed by atoms with Crippen LogP contribution in [0.15, 0.2) is 0 Å². The molecule has 0 saturated carbocycles. The summed E-state index contributed by atoms with van der Waals surface area (Å²) in [5.41, 5.74) is 10.6. The second-order valence-corrected chi connectivity index (χ2v) is 4.89. The van der Waals surface area contributed by atoms with Crippen LogP contribution in [-0.4, -0.2) is 40.9 Å². The number of hydrogen-bond acceptors (Lipinski definition) is 4. The number of aliphatic hydroxyl groups is 2. The number of rotatable bonds is 9. The first kappa shape index (κ1) is 16.1. The topological polar surface area (TPSA) is 92.5 Å². The van der Waals surface area contributed by atoms with Gasteiger partial charge in [0, 0.05) is 24.4 Å². The molecule has 0 spiro atoms. The van der Waals surface area contributed by atoms with Crippen LogP contribution < -0.4 is 11.5 Å². The number of nitrogens with two attached hydrogens (primary N) is 2. The van der Waals surface area contributed by atoms with Gasteiger partial charge < -0.3 is 21.7 Å². The Balaban J connectivity index is 4.49. The highest BCUT2D eigenvalue weighted by molar-refractivity contribution is 6.17. The van der Waals surface area contributed by atoms with E-state index in [-0.39, 0.29) is 18.6 Å². The molecule has 0 aliphatic carbocycles. The van der Waals surface area contributed by atoms with E-state index in [1.165, 1.54) is 0 Å². The summed E-state index contributed by atoms with van der Waals surface area (Å²) < 4.78 is 0. The number of aliphatic hydroxyl groups excluding tert-OH is 1. The second kappa shape index (κ2) is 8.25. The Bertz CT molecular complexity index is 179. The molecule has 0 fully saturated rings. The Hall–Kier alpha value is 0.130. The van der Waals surface area contributed by atoms with E-state index in [0.29, 0.717) is 25.3 Å². The van der Waals surface area contributed by atoms with Crippen LogP contribution in [0.25, 0.3) is 0 Å². The first-order valence-corrected chi connectivity index (χ1v) is 6.38. The molecule has 6 N–H and O–H groups in total. The van der Waals surface area contributed by atoms with Gasteiger partial charge in [0.05, 0.1) is 5.60 Å². The lowest BCUT2D eigenvalue weighted by molar-refractivity contribution is -0.0213. The predicted octanol–water partition coefficient (Wildman–Crippen LogP) is 0.431. The fourth-order valence-corrected chi connectivity index (χ4v) is 2.43. The third-order valence-corrected chi connectivity index (χ3v) is 3.29. The van der Waals surface area contributed by atoms with Crippen LogP contribution >= 0.6 is 11.6 Å². The lowest BCUT2D eigenvalue weighted by atomic mass is 9.78. The Kier molecular flexibility index (Phi) is 8.32. The van der Waals surface area contributed by atoms with Crippen molar-refractivity contribution in [2.45, 2.75) is 44.2 Å². The summed E-state index contributed by atoms with van der Waals surface area (Å²) in [5.74, 6) is 0.333. The van der Waals surface area contributed by atoms with Crippen molar-refractivity contribution < 1.29 is 10.2 Å². The van der Waals surface area contributed by atoms with E-state index in [1.807, 2.05) is 0 Å². The Morgan fingerprint density at radius 1 is 1.38 bits per heavy atom. The third-order valence-electron chi connectivity index (χ3n) is 3.10. The molecule has 0 aromatic rings. The molecule has 0 aromatic heterocycles. The van der Waals surface area contributed by atoms with Gasteiger partial charge in [-0.1, -0.05) is 0 Å². The molecule has 0 amide bonds. The molecular weight excluding hydrogens is 228 g/mol. The Labute approximate surface area is 103 Å². The zero-order valence-electron chi connectivity index (χ0n) is 10.0. The summed E-state index contributed by atoms with van der Waals surface area (Å²) in [6.07, 6.45) is 2.58. The van der Waals surface area contributed by atoms with Crippen molar-refractivity contribution in [2.75, 3.05) is 19.0 Å². The van der Waals surface area contributed by atoms with E-state index in [0.717, 1.165) is 12.8 Å². The van der Waals surface area contributed by atoms with Crippen molar-refractivity contribution in [3.63, 3.8) is 0 Å². The van der Waals surface area contributed by atoms with Crippen molar-refractivity contribution >= 4 is 11.6 Å². The molecule has 98 valence electrons. The summed E-state index contributed by atoms with van der Waals surface area (Å²) in [7, 11) is 0. The molecule has 0 heterocycles. The molecule has 0 bridgehead atoms. The smallest absolute Gasteiger partial charge is 0.0673 e. The molecule has 0 aliphatic heterocycles. The van der Waals surface area contributed by atoms with Crippen LogP contribution in [0.3, 0.4) is 0 Å². The van der Waals surface area contributed by atoms with Crippen molar-refractivity contribution in [2.24, 2.45) is 17.4 Å². The summed E-state index contributed by atoms with van der Waals surface area (Å²) in [6.45, 7) is 2.38. The number of halogens is 1. The lowest BCUT2D eigenvalue weighted by Gasteiger charge is -2.36. The molecule has 16 heavy (non-hydrogen) atoms. The zero-order valence-corrected chi connectivity index (χ0v) is 10.8.